The Morgan fingerprint density at radius 3 is 2.09 bits per heavy atom. The number of ketones is 2. The van der Waals surface area contributed by atoms with Gasteiger partial charge in [-0.3, -0.25) is 24.1 Å². The molecular formula is C29H28N4O2. The van der Waals surface area contributed by atoms with E-state index in [9.17, 15) is 9.59 Å². The topological polar surface area (TPSA) is 58.4 Å². The van der Waals surface area contributed by atoms with Crippen molar-refractivity contribution in [2.75, 3.05) is 26.2 Å². The molecule has 1 aliphatic carbocycles. The number of benzene rings is 3. The Balaban J connectivity index is 1.41. The number of rotatable bonds is 4. The minimum absolute atomic E-state index is 0.158. The van der Waals surface area contributed by atoms with Gasteiger partial charge in [-0.25, -0.2) is 0 Å². The Kier molecular flexibility index (Phi) is 5.16. The number of hydrogen-bond donors (Lipinski definition) is 0. The van der Waals surface area contributed by atoms with Crippen molar-refractivity contribution >= 4 is 22.5 Å². The molecule has 6 heteroatoms. The van der Waals surface area contributed by atoms with E-state index in [1.165, 1.54) is 11.1 Å². The maximum atomic E-state index is 14.2. The number of Topliss-reactive ketones (excluding diaryl/α,β-unsaturated/α-hetero) is 2. The molecule has 1 aliphatic heterocycles. The number of aryl methyl sites for hydroxylation is 2. The number of fused-ring (bicyclic) bond motifs is 2. The van der Waals surface area contributed by atoms with Crippen molar-refractivity contribution in [3.05, 3.63) is 101 Å². The van der Waals surface area contributed by atoms with Crippen LogP contribution in [-0.2, 0) is 19.1 Å². The van der Waals surface area contributed by atoms with E-state index in [0.29, 0.717) is 29.9 Å². The summed E-state index contributed by atoms with van der Waals surface area (Å²) in [6.07, 6.45) is 0. The highest BCUT2D eigenvalue weighted by atomic mass is 16.2. The normalized spacial score (nSPS) is 18.3. The van der Waals surface area contributed by atoms with Gasteiger partial charge in [0.1, 0.15) is 5.69 Å². The molecule has 35 heavy (non-hydrogen) atoms. The van der Waals surface area contributed by atoms with E-state index >= 15 is 0 Å². The molecule has 0 spiro atoms. The summed E-state index contributed by atoms with van der Waals surface area (Å²) in [4.78, 5) is 32.8. The van der Waals surface area contributed by atoms with Crippen molar-refractivity contribution < 1.29 is 9.59 Å². The van der Waals surface area contributed by atoms with E-state index < -0.39 is 5.54 Å². The van der Waals surface area contributed by atoms with Gasteiger partial charge < -0.3 is 0 Å². The molecule has 1 saturated heterocycles. The fourth-order valence-corrected chi connectivity index (χ4v) is 5.77. The molecule has 1 fully saturated rings. The van der Waals surface area contributed by atoms with E-state index in [1.807, 2.05) is 43.4 Å². The highest BCUT2D eigenvalue weighted by Gasteiger charge is 2.60. The molecule has 1 aromatic heterocycles. The molecule has 0 N–H and O–H groups in total. The summed E-state index contributed by atoms with van der Waals surface area (Å²) >= 11 is 0. The summed E-state index contributed by atoms with van der Waals surface area (Å²) in [7, 11) is 1.87. The second kappa shape index (κ2) is 8.26. The van der Waals surface area contributed by atoms with Crippen molar-refractivity contribution in [2.45, 2.75) is 19.0 Å². The van der Waals surface area contributed by atoms with E-state index in [4.69, 9.17) is 5.10 Å². The zero-order valence-electron chi connectivity index (χ0n) is 20.1. The summed E-state index contributed by atoms with van der Waals surface area (Å²) in [5.41, 5.74) is 3.61. The SMILES string of the molecule is Cc1ccccc1CN1CCN(C2(c3nn(C)c4ccccc34)C(=O)c3ccccc3C2=O)CC1. The van der Waals surface area contributed by atoms with Gasteiger partial charge in [0, 0.05) is 56.3 Å². The van der Waals surface area contributed by atoms with Gasteiger partial charge in [0.15, 0.2) is 17.1 Å². The molecule has 2 aliphatic rings. The van der Waals surface area contributed by atoms with Gasteiger partial charge in [-0.2, -0.15) is 5.10 Å². The van der Waals surface area contributed by atoms with Crippen LogP contribution in [0.3, 0.4) is 0 Å². The highest BCUT2D eigenvalue weighted by Crippen LogP contribution is 2.44. The summed E-state index contributed by atoms with van der Waals surface area (Å²) in [5.74, 6) is -0.316. The Hall–Kier alpha value is -3.61. The summed E-state index contributed by atoms with van der Waals surface area (Å²) in [6, 6.07) is 23.5. The minimum atomic E-state index is -1.43. The molecule has 0 bridgehead atoms. The average Bonchev–Trinajstić information content (AvgIpc) is 3.34. The molecule has 4 aromatic rings. The van der Waals surface area contributed by atoms with E-state index in [-0.39, 0.29) is 11.6 Å². The molecule has 176 valence electrons. The first-order valence-electron chi connectivity index (χ1n) is 12.1. The molecule has 0 radical (unpaired) electrons. The number of para-hydroxylation sites is 1. The van der Waals surface area contributed by atoms with E-state index in [0.717, 1.165) is 30.5 Å². The van der Waals surface area contributed by atoms with Crippen molar-refractivity contribution in [3.63, 3.8) is 0 Å². The molecule has 0 amide bonds. The maximum absolute atomic E-state index is 14.2. The largest absolute Gasteiger partial charge is 0.297 e. The predicted molar refractivity (Wildman–Crippen MR) is 136 cm³/mol. The van der Waals surface area contributed by atoms with Gasteiger partial charge in [0.2, 0.25) is 0 Å². The number of carbonyl (C=O) groups excluding carboxylic acids is 2. The predicted octanol–water partition coefficient (Wildman–Crippen LogP) is 3.97. The monoisotopic (exact) mass is 464 g/mol. The third kappa shape index (κ3) is 3.21. The lowest BCUT2D eigenvalue weighted by molar-refractivity contribution is 0.0269. The first kappa shape index (κ1) is 21.9. The molecule has 6 nitrogen and oxygen atoms in total. The standard InChI is InChI=1S/C29H28N4O2/c1-20-9-3-4-10-21(20)19-32-15-17-33(18-16-32)29(26-24-13-7-8-14-25(24)31(2)30-26)27(34)22-11-5-6-12-23(22)28(29)35/h3-14H,15-19H2,1-2H3. The lowest BCUT2D eigenvalue weighted by Gasteiger charge is -2.43. The zero-order valence-corrected chi connectivity index (χ0v) is 20.1. The fourth-order valence-electron chi connectivity index (χ4n) is 5.77. The molecule has 0 unspecified atom stereocenters. The quantitative estimate of drug-likeness (QED) is 0.428. The number of nitrogens with zero attached hydrogens (tertiary/aromatic N) is 4. The number of piperazine rings is 1. The number of carbonyl (C=O) groups is 2. The molecular weight excluding hydrogens is 436 g/mol. The third-order valence-electron chi connectivity index (χ3n) is 7.68. The van der Waals surface area contributed by atoms with Crippen LogP contribution < -0.4 is 0 Å². The second-order valence-electron chi connectivity index (χ2n) is 9.59. The Morgan fingerprint density at radius 2 is 1.40 bits per heavy atom. The number of hydrogen-bond acceptors (Lipinski definition) is 5. The van der Waals surface area contributed by atoms with Crippen LogP contribution in [0.4, 0.5) is 0 Å². The van der Waals surface area contributed by atoms with E-state index in [1.54, 1.807) is 16.8 Å². The lowest BCUT2D eigenvalue weighted by atomic mass is 9.84. The fraction of sp³-hybridized carbons (Fsp3) is 0.276. The van der Waals surface area contributed by atoms with Crippen LogP contribution in [0.25, 0.3) is 10.9 Å². The Bertz CT molecular complexity index is 1430. The van der Waals surface area contributed by atoms with Gasteiger partial charge in [-0.1, -0.05) is 66.7 Å². The van der Waals surface area contributed by atoms with Crippen molar-refractivity contribution in [2.24, 2.45) is 7.05 Å². The van der Waals surface area contributed by atoms with Crippen LogP contribution in [0, 0.1) is 6.92 Å². The van der Waals surface area contributed by atoms with Gasteiger partial charge in [0.05, 0.1) is 5.52 Å². The van der Waals surface area contributed by atoms with Crippen molar-refractivity contribution in [1.29, 1.82) is 0 Å². The van der Waals surface area contributed by atoms with Gasteiger partial charge in [-0.15, -0.1) is 0 Å². The van der Waals surface area contributed by atoms with Crippen LogP contribution in [0.2, 0.25) is 0 Å². The van der Waals surface area contributed by atoms with Crippen LogP contribution in [0.5, 0.6) is 0 Å². The molecule has 0 atom stereocenters. The summed E-state index contributed by atoms with van der Waals surface area (Å²) in [5, 5.41) is 5.67. The van der Waals surface area contributed by atoms with Crippen LogP contribution in [-0.4, -0.2) is 57.3 Å². The number of aromatic nitrogens is 2. The van der Waals surface area contributed by atoms with Crippen LogP contribution in [0.15, 0.2) is 72.8 Å². The van der Waals surface area contributed by atoms with Crippen LogP contribution >= 0.6 is 0 Å². The molecule has 3 aromatic carbocycles. The van der Waals surface area contributed by atoms with Crippen molar-refractivity contribution in [1.82, 2.24) is 19.6 Å². The Morgan fingerprint density at radius 1 is 0.800 bits per heavy atom. The highest BCUT2D eigenvalue weighted by molar-refractivity contribution is 6.33. The summed E-state index contributed by atoms with van der Waals surface area (Å²) in [6.45, 7) is 5.78. The first-order chi connectivity index (χ1) is 17.0. The third-order valence-corrected chi connectivity index (χ3v) is 7.68. The minimum Gasteiger partial charge on any atom is -0.297 e. The molecule has 0 saturated carbocycles. The van der Waals surface area contributed by atoms with Crippen LogP contribution in [0.1, 0.15) is 37.5 Å². The summed E-state index contributed by atoms with van der Waals surface area (Å²) < 4.78 is 1.78. The van der Waals surface area contributed by atoms with Gasteiger partial charge in [-0.05, 0) is 24.1 Å². The molecule has 6 rings (SSSR count). The maximum Gasteiger partial charge on any atom is 0.198 e. The van der Waals surface area contributed by atoms with Gasteiger partial charge in [0.25, 0.3) is 0 Å². The Labute approximate surface area is 204 Å². The first-order valence-corrected chi connectivity index (χ1v) is 12.1. The molecule has 2 heterocycles. The zero-order chi connectivity index (χ0) is 24.2. The second-order valence-corrected chi connectivity index (χ2v) is 9.59. The van der Waals surface area contributed by atoms with Crippen molar-refractivity contribution in [3.8, 4) is 0 Å². The van der Waals surface area contributed by atoms with Gasteiger partial charge >= 0.3 is 0 Å². The lowest BCUT2D eigenvalue weighted by Crippen LogP contribution is -2.60. The smallest absolute Gasteiger partial charge is 0.198 e. The average molecular weight is 465 g/mol. The van der Waals surface area contributed by atoms with E-state index in [2.05, 4.69) is 41.0 Å².